The summed E-state index contributed by atoms with van der Waals surface area (Å²) >= 11 is 0. The molecule has 1 aromatic carbocycles. The molecule has 0 fully saturated rings. The number of nitrogens with one attached hydrogen (secondary N) is 2. The molecule has 0 aliphatic carbocycles. The first kappa shape index (κ1) is 23.8. The average Bonchev–Trinajstić information content (AvgIpc) is 3.13. The molecule has 2 N–H and O–H groups in total. The minimum absolute atomic E-state index is 0.148. The highest BCUT2D eigenvalue weighted by Gasteiger charge is 2.11. The number of hydrogen-bond donors (Lipinski definition) is 2. The predicted molar refractivity (Wildman–Crippen MR) is 114 cm³/mol. The average molecular weight is 440 g/mol. The van der Waals surface area contributed by atoms with Crippen LogP contribution in [-0.2, 0) is 28.6 Å². The van der Waals surface area contributed by atoms with E-state index in [0.29, 0.717) is 48.3 Å². The molecule has 0 saturated carbocycles. The third kappa shape index (κ3) is 8.10. The maximum atomic E-state index is 13.7. The summed E-state index contributed by atoms with van der Waals surface area (Å²) in [6.45, 7) is 7.42. The quantitative estimate of drug-likeness (QED) is 0.333. The van der Waals surface area contributed by atoms with E-state index < -0.39 is 15.7 Å². The number of aromatic nitrogens is 2. The van der Waals surface area contributed by atoms with E-state index in [9.17, 15) is 12.8 Å². The lowest BCUT2D eigenvalue weighted by atomic mass is 10.1. The summed E-state index contributed by atoms with van der Waals surface area (Å²) < 4.78 is 42.2. The number of aliphatic imine (C=N–C) groups is 1. The van der Waals surface area contributed by atoms with Crippen LogP contribution in [0.5, 0.6) is 0 Å². The van der Waals surface area contributed by atoms with Crippen molar-refractivity contribution < 1.29 is 17.3 Å². The van der Waals surface area contributed by atoms with E-state index in [2.05, 4.69) is 25.8 Å². The van der Waals surface area contributed by atoms with Gasteiger partial charge in [-0.3, -0.25) is 0 Å². The van der Waals surface area contributed by atoms with Gasteiger partial charge in [0.1, 0.15) is 5.82 Å². The fourth-order valence-corrected chi connectivity index (χ4v) is 3.57. The highest BCUT2D eigenvalue weighted by atomic mass is 32.2. The number of sulfone groups is 1. The van der Waals surface area contributed by atoms with E-state index >= 15 is 0 Å². The highest BCUT2D eigenvalue weighted by molar-refractivity contribution is 7.89. The van der Waals surface area contributed by atoms with Crippen molar-refractivity contribution in [3.05, 3.63) is 46.9 Å². The Kier molecular flexibility index (Phi) is 8.76. The van der Waals surface area contributed by atoms with Crippen LogP contribution in [0.4, 0.5) is 4.39 Å². The maximum absolute atomic E-state index is 13.7. The summed E-state index contributed by atoms with van der Waals surface area (Å²) in [5, 5.41) is 10.3. The number of guanidine groups is 1. The lowest BCUT2D eigenvalue weighted by Gasteiger charge is -2.12. The molecule has 0 aliphatic rings. The van der Waals surface area contributed by atoms with Crippen LogP contribution >= 0.6 is 0 Å². The lowest BCUT2D eigenvalue weighted by molar-refractivity contribution is 0.368. The first-order valence-corrected chi connectivity index (χ1v) is 12.0. The number of benzene rings is 1. The van der Waals surface area contributed by atoms with Crippen LogP contribution in [0.3, 0.4) is 0 Å². The molecule has 0 aliphatic heterocycles. The Hall–Kier alpha value is -2.49. The van der Waals surface area contributed by atoms with Crippen LogP contribution in [0.2, 0.25) is 0 Å². The second-order valence-corrected chi connectivity index (χ2v) is 9.55. The fraction of sp³-hybridized carbons (Fsp3) is 0.550. The normalized spacial score (nSPS) is 12.4. The SMILES string of the molecule is CCNC(=NCc1cc(F)ccc1CS(C)(=O)=O)NCCCc1nc(C(C)C)no1. The van der Waals surface area contributed by atoms with E-state index in [-0.39, 0.29) is 18.2 Å². The molecular weight excluding hydrogens is 409 g/mol. The molecule has 30 heavy (non-hydrogen) atoms. The molecule has 0 radical (unpaired) electrons. The minimum Gasteiger partial charge on any atom is -0.357 e. The molecule has 0 unspecified atom stereocenters. The third-order valence-corrected chi connectivity index (χ3v) is 5.03. The Morgan fingerprint density at radius 1 is 1.27 bits per heavy atom. The molecule has 166 valence electrons. The van der Waals surface area contributed by atoms with Crippen LogP contribution in [0.1, 0.15) is 56.0 Å². The summed E-state index contributed by atoms with van der Waals surface area (Å²) in [7, 11) is -3.23. The van der Waals surface area contributed by atoms with Crippen LogP contribution in [0.25, 0.3) is 0 Å². The summed E-state index contributed by atoms with van der Waals surface area (Å²) in [5.74, 6) is 1.53. The van der Waals surface area contributed by atoms with Gasteiger partial charge in [-0.15, -0.1) is 0 Å². The number of rotatable bonds is 10. The molecule has 8 nitrogen and oxygen atoms in total. The van der Waals surface area contributed by atoms with Crippen molar-refractivity contribution in [3.63, 3.8) is 0 Å². The Morgan fingerprint density at radius 3 is 2.67 bits per heavy atom. The molecule has 0 spiro atoms. The van der Waals surface area contributed by atoms with Crippen LogP contribution in [-0.4, -0.2) is 43.9 Å². The Bertz CT molecular complexity index is 957. The monoisotopic (exact) mass is 439 g/mol. The van der Waals surface area contributed by atoms with Crippen molar-refractivity contribution in [2.45, 2.75) is 51.8 Å². The van der Waals surface area contributed by atoms with E-state index in [1.807, 2.05) is 20.8 Å². The third-order valence-electron chi connectivity index (χ3n) is 4.20. The maximum Gasteiger partial charge on any atom is 0.226 e. The Labute approximate surface area is 177 Å². The van der Waals surface area contributed by atoms with Gasteiger partial charge in [0.15, 0.2) is 21.6 Å². The zero-order valence-electron chi connectivity index (χ0n) is 17.9. The van der Waals surface area contributed by atoms with Crippen molar-refractivity contribution in [3.8, 4) is 0 Å². The summed E-state index contributed by atoms with van der Waals surface area (Å²) in [6, 6.07) is 4.09. The van der Waals surface area contributed by atoms with Gasteiger partial charge in [-0.25, -0.2) is 17.8 Å². The number of halogens is 1. The summed E-state index contributed by atoms with van der Waals surface area (Å²) in [6.07, 6.45) is 2.57. The van der Waals surface area contributed by atoms with Crippen molar-refractivity contribution in [2.24, 2.45) is 4.99 Å². The van der Waals surface area contributed by atoms with Crippen LogP contribution < -0.4 is 10.6 Å². The zero-order chi connectivity index (χ0) is 22.1. The van der Waals surface area contributed by atoms with E-state index in [4.69, 9.17) is 4.52 Å². The van der Waals surface area contributed by atoms with Gasteiger partial charge < -0.3 is 15.2 Å². The van der Waals surface area contributed by atoms with Gasteiger partial charge in [-0.2, -0.15) is 4.98 Å². The van der Waals surface area contributed by atoms with Crippen LogP contribution in [0, 0.1) is 5.82 Å². The number of aryl methyl sites for hydroxylation is 1. The van der Waals surface area contributed by atoms with E-state index in [1.54, 1.807) is 0 Å². The second-order valence-electron chi connectivity index (χ2n) is 7.41. The number of nitrogens with zero attached hydrogens (tertiary/aromatic N) is 3. The van der Waals surface area contributed by atoms with Gasteiger partial charge >= 0.3 is 0 Å². The topological polar surface area (TPSA) is 109 Å². The van der Waals surface area contributed by atoms with Gasteiger partial charge in [0.2, 0.25) is 5.89 Å². The molecule has 0 bridgehead atoms. The molecule has 10 heteroatoms. The van der Waals surface area contributed by atoms with E-state index in [1.165, 1.54) is 18.2 Å². The molecule has 1 heterocycles. The van der Waals surface area contributed by atoms with Crippen molar-refractivity contribution in [1.82, 2.24) is 20.8 Å². The predicted octanol–water partition coefficient (Wildman–Crippen LogP) is 2.56. The van der Waals surface area contributed by atoms with Gasteiger partial charge in [-0.1, -0.05) is 25.1 Å². The molecule has 0 saturated heterocycles. The molecule has 1 aromatic heterocycles. The van der Waals surface area contributed by atoms with Gasteiger partial charge in [0.25, 0.3) is 0 Å². The van der Waals surface area contributed by atoms with Gasteiger partial charge in [0, 0.05) is 31.7 Å². The fourth-order valence-electron chi connectivity index (χ4n) is 2.72. The second kappa shape index (κ2) is 11.1. The number of hydrogen-bond acceptors (Lipinski definition) is 6. The molecule has 0 atom stereocenters. The van der Waals surface area contributed by atoms with Gasteiger partial charge in [-0.05, 0) is 36.6 Å². The molecule has 0 amide bonds. The molecule has 2 rings (SSSR count). The summed E-state index contributed by atoms with van der Waals surface area (Å²) in [5.41, 5.74) is 1.10. The van der Waals surface area contributed by atoms with E-state index in [0.717, 1.165) is 12.7 Å². The minimum atomic E-state index is -3.23. The Balaban J connectivity index is 1.96. The molecule has 2 aromatic rings. The lowest BCUT2D eigenvalue weighted by Crippen LogP contribution is -2.37. The standard InChI is InChI=1S/C20H30FN5O3S/c1-5-22-20(23-10-6-7-18-25-19(14(2)3)26-29-18)24-12-16-11-17(21)9-8-15(16)13-30(4,27)28/h8-9,11,14H,5-7,10,12-13H2,1-4H3,(H2,22,23,24). The van der Waals surface area contributed by atoms with Crippen LogP contribution in [0.15, 0.2) is 27.7 Å². The smallest absolute Gasteiger partial charge is 0.226 e. The van der Waals surface area contributed by atoms with Crippen molar-refractivity contribution >= 4 is 15.8 Å². The van der Waals surface area contributed by atoms with Crippen molar-refractivity contribution in [2.75, 3.05) is 19.3 Å². The molecular formula is C20H30FN5O3S. The highest BCUT2D eigenvalue weighted by Crippen LogP contribution is 2.15. The van der Waals surface area contributed by atoms with Gasteiger partial charge in [0.05, 0.1) is 12.3 Å². The van der Waals surface area contributed by atoms with Crippen molar-refractivity contribution in [1.29, 1.82) is 0 Å². The first-order valence-electron chi connectivity index (χ1n) is 9.97. The summed E-state index contributed by atoms with van der Waals surface area (Å²) in [4.78, 5) is 8.82. The largest absolute Gasteiger partial charge is 0.357 e. The first-order chi connectivity index (χ1) is 14.2. The zero-order valence-corrected chi connectivity index (χ0v) is 18.7. The Morgan fingerprint density at radius 2 is 2.03 bits per heavy atom.